The van der Waals surface area contributed by atoms with Crippen LogP contribution in [0.2, 0.25) is 0 Å². The topological polar surface area (TPSA) is 61.9 Å². The van der Waals surface area contributed by atoms with Crippen LogP contribution in [0, 0.1) is 0 Å². The lowest BCUT2D eigenvalue weighted by molar-refractivity contribution is -0.121. The maximum Gasteiger partial charge on any atom is 0.265 e. The van der Waals surface area contributed by atoms with Crippen LogP contribution in [0.4, 0.5) is 11.4 Å². The molecule has 0 aromatic heterocycles. The largest absolute Gasteiger partial charge is 0.482 e. The van der Waals surface area contributed by atoms with E-state index in [2.05, 4.69) is 10.2 Å². The fraction of sp³-hybridized carbons (Fsp3) is 0.556. The fourth-order valence-corrected chi connectivity index (χ4v) is 3.20. The molecule has 1 N–H and O–H groups in total. The summed E-state index contributed by atoms with van der Waals surface area (Å²) in [7, 11) is 0. The molecule has 6 nitrogen and oxygen atoms in total. The number of ether oxygens (including phenoxy) is 1. The number of piperidine rings is 1. The van der Waals surface area contributed by atoms with Crippen LogP contribution in [0.3, 0.4) is 0 Å². The Morgan fingerprint density at radius 1 is 1.21 bits per heavy atom. The van der Waals surface area contributed by atoms with Gasteiger partial charge in [-0.05, 0) is 44.1 Å². The predicted octanol–water partition coefficient (Wildman–Crippen LogP) is 2.25. The van der Waals surface area contributed by atoms with Crippen molar-refractivity contribution < 1.29 is 14.3 Å². The van der Waals surface area contributed by atoms with E-state index in [0.717, 1.165) is 25.3 Å². The first-order valence-corrected chi connectivity index (χ1v) is 8.77. The van der Waals surface area contributed by atoms with Gasteiger partial charge in [-0.2, -0.15) is 0 Å². The van der Waals surface area contributed by atoms with E-state index in [-0.39, 0.29) is 18.4 Å². The summed E-state index contributed by atoms with van der Waals surface area (Å²) in [5.41, 5.74) is 1.44. The van der Waals surface area contributed by atoms with Gasteiger partial charge < -0.3 is 19.9 Å². The number of anilines is 2. The van der Waals surface area contributed by atoms with Gasteiger partial charge in [-0.25, -0.2) is 0 Å². The van der Waals surface area contributed by atoms with Gasteiger partial charge in [0.25, 0.3) is 5.91 Å². The van der Waals surface area contributed by atoms with Gasteiger partial charge >= 0.3 is 0 Å². The first-order valence-electron chi connectivity index (χ1n) is 8.77. The van der Waals surface area contributed by atoms with Crippen LogP contribution in [-0.4, -0.2) is 49.5 Å². The summed E-state index contributed by atoms with van der Waals surface area (Å²) in [6.07, 6.45) is 4.20. The molecule has 2 aliphatic heterocycles. The second kappa shape index (κ2) is 7.66. The molecule has 2 aliphatic rings. The second-order valence-corrected chi connectivity index (χ2v) is 6.32. The average molecular weight is 331 g/mol. The van der Waals surface area contributed by atoms with Crippen molar-refractivity contribution in [1.29, 1.82) is 0 Å². The Balaban J connectivity index is 1.73. The molecule has 0 aliphatic carbocycles. The van der Waals surface area contributed by atoms with Gasteiger partial charge in [0, 0.05) is 25.2 Å². The second-order valence-electron chi connectivity index (χ2n) is 6.32. The summed E-state index contributed by atoms with van der Waals surface area (Å²) in [5, 5.41) is 2.84. The fourth-order valence-electron chi connectivity index (χ4n) is 3.20. The van der Waals surface area contributed by atoms with E-state index in [1.165, 1.54) is 19.3 Å². The lowest BCUT2D eigenvalue weighted by Gasteiger charge is -2.33. The minimum atomic E-state index is -0.0436. The quantitative estimate of drug-likeness (QED) is 0.899. The van der Waals surface area contributed by atoms with Crippen LogP contribution in [0.5, 0.6) is 5.75 Å². The molecule has 130 valence electrons. The van der Waals surface area contributed by atoms with Crippen molar-refractivity contribution in [2.24, 2.45) is 0 Å². The zero-order valence-corrected chi connectivity index (χ0v) is 14.2. The highest BCUT2D eigenvalue weighted by molar-refractivity contribution is 5.99. The van der Waals surface area contributed by atoms with Crippen molar-refractivity contribution in [3.63, 3.8) is 0 Å². The number of amides is 2. The van der Waals surface area contributed by atoms with Gasteiger partial charge in [-0.15, -0.1) is 0 Å². The molecule has 0 saturated carbocycles. The van der Waals surface area contributed by atoms with Crippen molar-refractivity contribution in [1.82, 2.24) is 4.90 Å². The average Bonchev–Trinajstić information content (AvgIpc) is 2.61. The molecule has 0 radical (unpaired) electrons. The molecule has 1 aromatic carbocycles. The number of benzene rings is 1. The Morgan fingerprint density at radius 3 is 2.75 bits per heavy atom. The maximum absolute atomic E-state index is 12.3. The predicted molar refractivity (Wildman–Crippen MR) is 93.5 cm³/mol. The number of hydrogen-bond donors (Lipinski definition) is 1. The van der Waals surface area contributed by atoms with Crippen LogP contribution in [0.15, 0.2) is 18.2 Å². The van der Waals surface area contributed by atoms with E-state index < -0.39 is 0 Å². The monoisotopic (exact) mass is 331 g/mol. The highest BCUT2D eigenvalue weighted by Crippen LogP contribution is 2.34. The molecule has 24 heavy (non-hydrogen) atoms. The summed E-state index contributed by atoms with van der Waals surface area (Å²) in [6, 6.07) is 5.46. The van der Waals surface area contributed by atoms with Crippen molar-refractivity contribution in [3.05, 3.63) is 18.2 Å². The number of nitrogens with zero attached hydrogens (tertiary/aromatic N) is 2. The van der Waals surface area contributed by atoms with Crippen LogP contribution >= 0.6 is 0 Å². The summed E-state index contributed by atoms with van der Waals surface area (Å²) in [5.74, 6) is 0.624. The number of nitrogens with one attached hydrogen (secondary N) is 1. The molecule has 0 atom stereocenters. The molecule has 1 saturated heterocycles. The number of rotatable bonds is 5. The molecule has 6 heteroatoms. The minimum absolute atomic E-state index is 0.0292. The van der Waals surface area contributed by atoms with Gasteiger partial charge in [0.05, 0.1) is 5.69 Å². The summed E-state index contributed by atoms with van der Waals surface area (Å²) < 4.78 is 5.53. The Labute approximate surface area is 142 Å². The summed E-state index contributed by atoms with van der Waals surface area (Å²) in [6.45, 7) is 5.63. The molecule has 0 unspecified atom stereocenters. The number of fused-ring (bicyclic) bond motifs is 1. The molecule has 1 fully saturated rings. The first kappa shape index (κ1) is 16.8. The summed E-state index contributed by atoms with van der Waals surface area (Å²) in [4.78, 5) is 28.1. The lowest BCUT2D eigenvalue weighted by atomic mass is 10.1. The third kappa shape index (κ3) is 3.87. The standard InChI is InChI=1S/C18H25N3O3/c1-2-17(22)19-14-6-7-16-15(12-14)21(18(23)13-24-16)11-10-20-8-4-3-5-9-20/h6-7,12H,2-5,8-11,13H2,1H3,(H,19,22). The van der Waals surface area contributed by atoms with Crippen LogP contribution in [-0.2, 0) is 9.59 Å². The summed E-state index contributed by atoms with van der Waals surface area (Å²) >= 11 is 0. The number of hydrogen-bond acceptors (Lipinski definition) is 4. The zero-order chi connectivity index (χ0) is 16.9. The number of carbonyl (C=O) groups is 2. The van der Waals surface area contributed by atoms with Crippen LogP contribution in [0.25, 0.3) is 0 Å². The normalized spacial score (nSPS) is 18.0. The Morgan fingerprint density at radius 2 is 2.00 bits per heavy atom. The van der Waals surface area contributed by atoms with Gasteiger partial charge in [-0.3, -0.25) is 9.59 Å². The molecule has 3 rings (SSSR count). The molecular weight excluding hydrogens is 306 g/mol. The van der Waals surface area contributed by atoms with Crippen LogP contribution < -0.4 is 15.0 Å². The third-order valence-corrected chi connectivity index (χ3v) is 4.60. The minimum Gasteiger partial charge on any atom is -0.482 e. The van der Waals surface area contributed by atoms with E-state index in [0.29, 0.717) is 24.4 Å². The molecule has 2 heterocycles. The molecule has 2 amide bonds. The Kier molecular flexibility index (Phi) is 5.35. The van der Waals surface area contributed by atoms with Crippen molar-refractivity contribution in [3.8, 4) is 5.75 Å². The van der Waals surface area contributed by atoms with E-state index in [9.17, 15) is 9.59 Å². The molecule has 1 aromatic rings. The highest BCUT2D eigenvalue weighted by atomic mass is 16.5. The van der Waals surface area contributed by atoms with Crippen LogP contribution in [0.1, 0.15) is 32.6 Å². The Hall–Kier alpha value is -2.08. The molecule has 0 spiro atoms. The zero-order valence-electron chi connectivity index (χ0n) is 14.2. The highest BCUT2D eigenvalue weighted by Gasteiger charge is 2.26. The van der Waals surface area contributed by atoms with Gasteiger partial charge in [0.1, 0.15) is 5.75 Å². The van der Waals surface area contributed by atoms with Gasteiger partial charge in [0.2, 0.25) is 5.91 Å². The molecular formula is C18H25N3O3. The number of carbonyl (C=O) groups excluding carboxylic acids is 2. The number of likely N-dealkylation sites (tertiary alicyclic amines) is 1. The van der Waals surface area contributed by atoms with E-state index >= 15 is 0 Å². The molecule has 0 bridgehead atoms. The van der Waals surface area contributed by atoms with E-state index in [1.54, 1.807) is 4.90 Å². The lowest BCUT2D eigenvalue weighted by Crippen LogP contribution is -2.44. The Bertz CT molecular complexity index is 612. The van der Waals surface area contributed by atoms with Crippen molar-refractivity contribution >= 4 is 23.2 Å². The van der Waals surface area contributed by atoms with Gasteiger partial charge in [0.15, 0.2) is 6.61 Å². The first-order chi connectivity index (χ1) is 11.7. The van der Waals surface area contributed by atoms with E-state index in [1.807, 2.05) is 25.1 Å². The maximum atomic E-state index is 12.3. The smallest absolute Gasteiger partial charge is 0.265 e. The third-order valence-electron chi connectivity index (χ3n) is 4.60. The SMILES string of the molecule is CCC(=O)Nc1ccc2c(c1)N(CCN1CCCCC1)C(=O)CO2. The van der Waals surface area contributed by atoms with Gasteiger partial charge in [-0.1, -0.05) is 13.3 Å². The van der Waals surface area contributed by atoms with Crippen molar-refractivity contribution in [2.45, 2.75) is 32.6 Å². The van der Waals surface area contributed by atoms with Crippen molar-refractivity contribution in [2.75, 3.05) is 43.0 Å². The van der Waals surface area contributed by atoms with E-state index in [4.69, 9.17) is 4.74 Å².